The Morgan fingerprint density at radius 2 is 1.62 bits per heavy atom. The molecule has 0 bridgehead atoms. The van der Waals surface area contributed by atoms with Crippen molar-refractivity contribution < 1.29 is 9.53 Å². The molecule has 0 radical (unpaired) electrons. The fraction of sp³-hybridized carbons (Fsp3) is 0.417. The summed E-state index contributed by atoms with van der Waals surface area (Å²) in [5.74, 6) is -0.320. The maximum absolute atomic E-state index is 11.4. The van der Waals surface area contributed by atoms with Gasteiger partial charge in [0.25, 0.3) is 0 Å². The number of rotatable bonds is 5. The minimum absolute atomic E-state index is 0.320. The van der Waals surface area contributed by atoms with Crippen LogP contribution in [-0.4, -0.2) is 26.2 Å². The minimum Gasteiger partial charge on any atom is -0.465 e. The first-order valence-electron chi connectivity index (χ1n) is 5.42. The zero-order valence-electron chi connectivity index (χ0n) is 9.96. The molecule has 16 heavy (non-hydrogen) atoms. The summed E-state index contributed by atoms with van der Waals surface area (Å²) in [5, 5.41) is 6.36. The van der Waals surface area contributed by atoms with Crippen LogP contribution in [0.1, 0.15) is 24.2 Å². The first-order valence-corrected chi connectivity index (χ1v) is 5.42. The van der Waals surface area contributed by atoms with E-state index < -0.39 is 0 Å². The Bertz CT molecular complexity index is 340. The van der Waals surface area contributed by atoms with Crippen LogP contribution < -0.4 is 10.6 Å². The second kappa shape index (κ2) is 6.00. The number of carbonyl (C=O) groups is 1. The van der Waals surface area contributed by atoms with Gasteiger partial charge in [-0.25, -0.2) is 4.79 Å². The lowest BCUT2D eigenvalue weighted by Crippen LogP contribution is -2.06. The third-order valence-corrected chi connectivity index (χ3v) is 2.12. The molecule has 0 saturated carbocycles. The predicted octanol–water partition coefficient (Wildman–Crippen LogP) is 2.34. The first kappa shape index (κ1) is 12.4. The molecule has 88 valence electrons. The quantitative estimate of drug-likeness (QED) is 0.751. The van der Waals surface area contributed by atoms with E-state index in [1.807, 2.05) is 19.9 Å². The van der Waals surface area contributed by atoms with Crippen LogP contribution in [0.25, 0.3) is 0 Å². The van der Waals surface area contributed by atoms with Crippen molar-refractivity contribution >= 4 is 17.3 Å². The fourth-order valence-electron chi connectivity index (χ4n) is 1.48. The first-order chi connectivity index (χ1) is 7.71. The van der Waals surface area contributed by atoms with E-state index in [1.165, 1.54) is 7.11 Å². The summed E-state index contributed by atoms with van der Waals surface area (Å²) >= 11 is 0. The van der Waals surface area contributed by atoms with Crippen molar-refractivity contribution in [3.63, 3.8) is 0 Å². The van der Waals surface area contributed by atoms with Crippen LogP contribution in [-0.2, 0) is 4.74 Å². The highest BCUT2D eigenvalue weighted by Gasteiger charge is 2.08. The van der Waals surface area contributed by atoms with Crippen LogP contribution in [0.5, 0.6) is 0 Å². The van der Waals surface area contributed by atoms with Gasteiger partial charge in [-0.05, 0) is 32.0 Å². The van der Waals surface area contributed by atoms with Gasteiger partial charge >= 0.3 is 5.97 Å². The minimum atomic E-state index is -0.320. The van der Waals surface area contributed by atoms with Crippen molar-refractivity contribution in [2.45, 2.75) is 13.8 Å². The topological polar surface area (TPSA) is 50.4 Å². The van der Waals surface area contributed by atoms with E-state index in [2.05, 4.69) is 10.6 Å². The maximum atomic E-state index is 11.4. The highest BCUT2D eigenvalue weighted by molar-refractivity contribution is 5.92. The molecule has 0 aromatic heterocycles. The molecule has 0 fully saturated rings. The van der Waals surface area contributed by atoms with E-state index in [4.69, 9.17) is 4.74 Å². The Balaban J connectivity index is 3.02. The molecule has 0 amide bonds. The lowest BCUT2D eigenvalue weighted by atomic mass is 10.1. The average Bonchev–Trinajstić information content (AvgIpc) is 2.28. The van der Waals surface area contributed by atoms with E-state index in [0.717, 1.165) is 24.5 Å². The molecule has 1 rings (SSSR count). The van der Waals surface area contributed by atoms with Crippen molar-refractivity contribution in [3.8, 4) is 0 Å². The van der Waals surface area contributed by atoms with Crippen LogP contribution in [0, 0.1) is 0 Å². The van der Waals surface area contributed by atoms with E-state index in [0.29, 0.717) is 5.56 Å². The Kier molecular flexibility index (Phi) is 4.64. The molecule has 0 atom stereocenters. The van der Waals surface area contributed by atoms with Crippen LogP contribution in [0.2, 0.25) is 0 Å². The molecule has 0 aliphatic carbocycles. The Morgan fingerprint density at radius 1 is 1.12 bits per heavy atom. The van der Waals surface area contributed by atoms with Crippen molar-refractivity contribution in [3.05, 3.63) is 23.8 Å². The summed E-state index contributed by atoms with van der Waals surface area (Å²) in [4.78, 5) is 11.4. The summed E-state index contributed by atoms with van der Waals surface area (Å²) in [6.07, 6.45) is 0. The van der Waals surface area contributed by atoms with Gasteiger partial charge in [0.1, 0.15) is 0 Å². The molecule has 1 aromatic rings. The lowest BCUT2D eigenvalue weighted by molar-refractivity contribution is 0.0601. The SMILES string of the molecule is CCNc1cc(NCC)cc(C(=O)OC)c1. The van der Waals surface area contributed by atoms with E-state index >= 15 is 0 Å². The molecule has 4 heteroatoms. The standard InChI is InChI=1S/C12H18N2O2/c1-4-13-10-6-9(12(15)16-3)7-11(8-10)14-5-2/h6-8,13-14H,4-5H2,1-3H3. The van der Waals surface area contributed by atoms with Crippen LogP contribution in [0.3, 0.4) is 0 Å². The third kappa shape index (κ3) is 3.15. The summed E-state index contributed by atoms with van der Waals surface area (Å²) in [5.41, 5.74) is 2.39. The highest BCUT2D eigenvalue weighted by Crippen LogP contribution is 2.19. The fourth-order valence-corrected chi connectivity index (χ4v) is 1.48. The normalized spacial score (nSPS) is 9.69. The van der Waals surface area contributed by atoms with Gasteiger partial charge in [0, 0.05) is 24.5 Å². The zero-order chi connectivity index (χ0) is 12.0. The number of methoxy groups -OCH3 is 1. The monoisotopic (exact) mass is 222 g/mol. The second-order valence-electron chi connectivity index (χ2n) is 3.35. The molecule has 0 aliphatic heterocycles. The predicted molar refractivity (Wildman–Crippen MR) is 66.1 cm³/mol. The molecule has 4 nitrogen and oxygen atoms in total. The average molecular weight is 222 g/mol. The number of hydrogen-bond donors (Lipinski definition) is 2. The molecule has 0 saturated heterocycles. The molecule has 2 N–H and O–H groups in total. The molecule has 0 aliphatic rings. The molecule has 0 spiro atoms. The largest absolute Gasteiger partial charge is 0.465 e. The maximum Gasteiger partial charge on any atom is 0.337 e. The number of anilines is 2. The molecule has 0 unspecified atom stereocenters. The lowest BCUT2D eigenvalue weighted by Gasteiger charge is -2.10. The van der Waals surface area contributed by atoms with Gasteiger partial charge < -0.3 is 15.4 Å². The van der Waals surface area contributed by atoms with Crippen LogP contribution in [0.15, 0.2) is 18.2 Å². The summed E-state index contributed by atoms with van der Waals surface area (Å²) in [6.45, 7) is 5.65. The summed E-state index contributed by atoms with van der Waals surface area (Å²) < 4.78 is 4.71. The van der Waals surface area contributed by atoms with Gasteiger partial charge in [0.05, 0.1) is 12.7 Å². The van der Waals surface area contributed by atoms with Crippen molar-refractivity contribution in [1.29, 1.82) is 0 Å². The number of esters is 1. The van der Waals surface area contributed by atoms with Crippen LogP contribution >= 0.6 is 0 Å². The van der Waals surface area contributed by atoms with Crippen molar-refractivity contribution in [2.75, 3.05) is 30.8 Å². The van der Waals surface area contributed by atoms with Gasteiger partial charge in [0.2, 0.25) is 0 Å². The van der Waals surface area contributed by atoms with Crippen LogP contribution in [0.4, 0.5) is 11.4 Å². The third-order valence-electron chi connectivity index (χ3n) is 2.12. The molecular formula is C12H18N2O2. The van der Waals surface area contributed by atoms with Gasteiger partial charge in [-0.3, -0.25) is 0 Å². The number of nitrogens with one attached hydrogen (secondary N) is 2. The smallest absolute Gasteiger partial charge is 0.337 e. The summed E-state index contributed by atoms with van der Waals surface area (Å²) in [6, 6.07) is 5.55. The Hall–Kier alpha value is -1.71. The second-order valence-corrected chi connectivity index (χ2v) is 3.35. The molecular weight excluding hydrogens is 204 g/mol. The molecule has 0 heterocycles. The van der Waals surface area contributed by atoms with Gasteiger partial charge in [-0.1, -0.05) is 0 Å². The van der Waals surface area contributed by atoms with E-state index in [-0.39, 0.29) is 5.97 Å². The number of ether oxygens (including phenoxy) is 1. The number of hydrogen-bond acceptors (Lipinski definition) is 4. The number of benzene rings is 1. The van der Waals surface area contributed by atoms with Crippen molar-refractivity contribution in [1.82, 2.24) is 0 Å². The van der Waals surface area contributed by atoms with Gasteiger partial charge in [-0.15, -0.1) is 0 Å². The summed E-state index contributed by atoms with van der Waals surface area (Å²) in [7, 11) is 1.38. The van der Waals surface area contributed by atoms with E-state index in [9.17, 15) is 4.79 Å². The Labute approximate surface area is 96.0 Å². The Morgan fingerprint density at radius 3 is 2.00 bits per heavy atom. The van der Waals surface area contributed by atoms with E-state index in [1.54, 1.807) is 12.1 Å². The molecule has 1 aromatic carbocycles. The highest BCUT2D eigenvalue weighted by atomic mass is 16.5. The van der Waals surface area contributed by atoms with Gasteiger partial charge in [-0.2, -0.15) is 0 Å². The van der Waals surface area contributed by atoms with Crippen molar-refractivity contribution in [2.24, 2.45) is 0 Å². The number of carbonyl (C=O) groups excluding carboxylic acids is 1. The van der Waals surface area contributed by atoms with Gasteiger partial charge in [0.15, 0.2) is 0 Å². The zero-order valence-corrected chi connectivity index (χ0v) is 9.96.